The Hall–Kier alpha value is -2.54. The molecule has 7 atom stereocenters. The number of amides is 6. The Balaban J connectivity index is 1.58. The van der Waals surface area contributed by atoms with Crippen LogP contribution in [0.1, 0.15) is 68.2 Å². The summed E-state index contributed by atoms with van der Waals surface area (Å²) < 4.78 is 5.41. The van der Waals surface area contributed by atoms with Crippen LogP contribution < -0.4 is 27.0 Å². The van der Waals surface area contributed by atoms with E-state index in [2.05, 4.69) is 35.1 Å². The first-order valence-electron chi connectivity index (χ1n) is 13.9. The fraction of sp³-hybridized carbons (Fsp3) is 0.815. The molecule has 6 N–H and O–H groups in total. The van der Waals surface area contributed by atoms with Crippen molar-refractivity contribution in [2.45, 2.75) is 96.8 Å². The molecular weight excluding hydrogens is 536 g/mol. The number of hydrogen-bond acceptors (Lipinski definition) is 7. The molecule has 224 valence electrons. The third-order valence-corrected chi connectivity index (χ3v) is 9.71. The van der Waals surface area contributed by atoms with Crippen molar-refractivity contribution in [3.05, 3.63) is 0 Å². The average molecular weight is 581 g/mol. The molecule has 3 aliphatic heterocycles. The number of rotatable bonds is 8. The highest BCUT2D eigenvalue weighted by molar-refractivity contribution is 8.02. The van der Waals surface area contributed by atoms with Gasteiger partial charge in [-0.3, -0.25) is 23.4 Å². The minimum atomic E-state index is -1.45. The first kappa shape index (κ1) is 30.4. The number of nitrogens with zero attached hydrogens (tertiary/aromatic N) is 1. The van der Waals surface area contributed by atoms with Crippen molar-refractivity contribution < 1.29 is 28.2 Å². The number of carbonyl (C=O) groups excluding carboxylic acids is 5. The number of likely N-dealkylation sites (tertiary alicyclic amines) is 1. The van der Waals surface area contributed by atoms with Gasteiger partial charge in [0.05, 0.1) is 6.04 Å². The van der Waals surface area contributed by atoms with E-state index in [-0.39, 0.29) is 35.5 Å². The van der Waals surface area contributed by atoms with E-state index < -0.39 is 57.8 Å². The molecule has 40 heavy (non-hydrogen) atoms. The normalized spacial score (nSPS) is 31.9. The SMILES string of the molecule is CC(C)(C)NC(=O)N[C@H](C(=O)N1C[C@H]2[C@@H]([C@H]1C(=O)N[C@@H](C[C@H]1CCNC1=O)[C@]1(C(N)=O)OS1)C2(C)C)C(C)(C)C. The van der Waals surface area contributed by atoms with Gasteiger partial charge in [0.15, 0.2) is 0 Å². The van der Waals surface area contributed by atoms with Crippen LogP contribution in [0.5, 0.6) is 0 Å². The van der Waals surface area contributed by atoms with Crippen LogP contribution in [-0.2, 0) is 23.4 Å². The summed E-state index contributed by atoms with van der Waals surface area (Å²) in [6, 6.07) is -3.00. The lowest BCUT2D eigenvalue weighted by atomic mass is 9.85. The number of urea groups is 1. The zero-order chi connectivity index (χ0) is 30.0. The summed E-state index contributed by atoms with van der Waals surface area (Å²) in [4.78, 5) is 65.6. The third kappa shape index (κ3) is 5.77. The van der Waals surface area contributed by atoms with Crippen molar-refractivity contribution in [2.24, 2.45) is 34.3 Å². The van der Waals surface area contributed by atoms with Gasteiger partial charge in [-0.25, -0.2) is 4.79 Å². The molecule has 12 nitrogen and oxygen atoms in total. The van der Waals surface area contributed by atoms with Gasteiger partial charge in [-0.1, -0.05) is 34.6 Å². The van der Waals surface area contributed by atoms with Crippen molar-refractivity contribution >= 4 is 41.7 Å². The third-order valence-electron chi connectivity index (χ3n) is 8.70. The van der Waals surface area contributed by atoms with E-state index in [1.165, 1.54) is 0 Å². The van der Waals surface area contributed by atoms with Gasteiger partial charge >= 0.3 is 6.03 Å². The predicted molar refractivity (Wildman–Crippen MR) is 149 cm³/mol. The van der Waals surface area contributed by atoms with E-state index in [0.717, 1.165) is 12.0 Å². The lowest BCUT2D eigenvalue weighted by molar-refractivity contribution is -0.144. The number of nitrogens with one attached hydrogen (secondary N) is 4. The molecule has 6 amide bonds. The number of carbonyl (C=O) groups is 5. The second-order valence-corrected chi connectivity index (χ2v) is 15.2. The zero-order valence-electron chi connectivity index (χ0n) is 24.7. The van der Waals surface area contributed by atoms with Gasteiger partial charge in [0, 0.05) is 36.6 Å². The van der Waals surface area contributed by atoms with Crippen molar-refractivity contribution in [1.82, 2.24) is 26.2 Å². The second-order valence-electron chi connectivity index (χ2n) is 14.3. The fourth-order valence-electron chi connectivity index (χ4n) is 6.27. The summed E-state index contributed by atoms with van der Waals surface area (Å²) in [5.74, 6) is -2.00. The number of piperidine rings is 1. The second kappa shape index (κ2) is 10.1. The molecule has 0 bridgehead atoms. The summed E-state index contributed by atoms with van der Waals surface area (Å²) in [6.07, 6.45) is 0.761. The van der Waals surface area contributed by atoms with Crippen LogP contribution in [0.3, 0.4) is 0 Å². The van der Waals surface area contributed by atoms with Gasteiger partial charge in [-0.15, -0.1) is 0 Å². The average Bonchev–Trinajstić information content (AvgIpc) is 3.56. The Bertz CT molecular complexity index is 1090. The Morgan fingerprint density at radius 1 is 1.15 bits per heavy atom. The summed E-state index contributed by atoms with van der Waals surface area (Å²) in [7, 11) is 0. The van der Waals surface area contributed by atoms with Crippen molar-refractivity contribution in [2.75, 3.05) is 13.1 Å². The van der Waals surface area contributed by atoms with E-state index in [1.807, 2.05) is 41.5 Å². The Labute approximate surface area is 240 Å². The molecule has 4 rings (SSSR count). The van der Waals surface area contributed by atoms with Crippen LogP contribution >= 0.6 is 12.0 Å². The number of primary amides is 1. The lowest BCUT2D eigenvalue weighted by Gasteiger charge is -2.38. The Kier molecular flexibility index (Phi) is 7.66. The molecule has 1 aliphatic carbocycles. The van der Waals surface area contributed by atoms with Gasteiger partial charge in [0.1, 0.15) is 12.1 Å². The molecule has 3 saturated heterocycles. The van der Waals surface area contributed by atoms with Gasteiger partial charge < -0.3 is 31.9 Å². The van der Waals surface area contributed by atoms with Crippen molar-refractivity contribution in [3.8, 4) is 0 Å². The quantitative estimate of drug-likeness (QED) is 0.209. The van der Waals surface area contributed by atoms with Crippen LogP contribution in [0, 0.1) is 28.6 Å². The zero-order valence-corrected chi connectivity index (χ0v) is 25.5. The lowest BCUT2D eigenvalue weighted by Crippen LogP contribution is -2.62. The molecule has 4 fully saturated rings. The molecular formula is C27H44N6O6S. The summed E-state index contributed by atoms with van der Waals surface area (Å²) in [6.45, 7) is 16.2. The van der Waals surface area contributed by atoms with E-state index in [0.29, 0.717) is 19.5 Å². The highest BCUT2D eigenvalue weighted by Crippen LogP contribution is 2.65. The number of nitrogens with two attached hydrogens (primary N) is 1. The standard InChI is InChI=1S/C27H44N6O6S/c1-24(2,3)18(31-23(38)32-25(4,5)6)21(36)33-12-14-16(26(14,7)8)17(33)20(35)30-15(27(22(28)37)39-40-27)11-13-9-10-29-19(13)34/h13-18H,9-12H2,1-8H3,(H2,28,37)(H,29,34)(H,30,35)(H2,31,32,38)/t13-,14+,15+,16+,17+,18-,27+/m1/s1. The van der Waals surface area contributed by atoms with Gasteiger partial charge in [-0.05, 0) is 56.3 Å². The molecule has 13 heteroatoms. The highest BCUT2D eigenvalue weighted by atomic mass is 32.2. The number of hydrogen-bond donors (Lipinski definition) is 5. The number of fused-ring (bicyclic) bond motifs is 1. The highest BCUT2D eigenvalue weighted by Gasteiger charge is 2.70. The van der Waals surface area contributed by atoms with Crippen LogP contribution in [0.25, 0.3) is 0 Å². The van der Waals surface area contributed by atoms with Crippen molar-refractivity contribution in [1.29, 1.82) is 0 Å². The van der Waals surface area contributed by atoms with Crippen LogP contribution in [0.2, 0.25) is 0 Å². The van der Waals surface area contributed by atoms with Crippen LogP contribution in [0.15, 0.2) is 0 Å². The summed E-state index contributed by atoms with van der Waals surface area (Å²) in [5, 5.41) is 11.4. The van der Waals surface area contributed by atoms with Gasteiger partial charge in [0.25, 0.3) is 10.8 Å². The molecule has 0 spiro atoms. The minimum absolute atomic E-state index is 0.0896. The molecule has 0 aromatic rings. The molecule has 0 aromatic heterocycles. The summed E-state index contributed by atoms with van der Waals surface area (Å²) >= 11 is 0.883. The van der Waals surface area contributed by atoms with Crippen LogP contribution in [-0.4, -0.2) is 76.2 Å². The van der Waals surface area contributed by atoms with Crippen molar-refractivity contribution in [3.63, 3.8) is 0 Å². The van der Waals surface area contributed by atoms with E-state index in [9.17, 15) is 24.0 Å². The Morgan fingerprint density at radius 2 is 1.77 bits per heavy atom. The molecule has 3 heterocycles. The first-order valence-corrected chi connectivity index (χ1v) is 14.7. The van der Waals surface area contributed by atoms with Gasteiger partial charge in [0.2, 0.25) is 17.7 Å². The van der Waals surface area contributed by atoms with E-state index >= 15 is 0 Å². The molecule has 4 aliphatic rings. The van der Waals surface area contributed by atoms with Crippen LogP contribution in [0.4, 0.5) is 4.79 Å². The first-order chi connectivity index (χ1) is 18.3. The summed E-state index contributed by atoms with van der Waals surface area (Å²) in [5.41, 5.74) is 4.37. The maximum Gasteiger partial charge on any atom is 0.315 e. The molecule has 0 unspecified atom stereocenters. The van der Waals surface area contributed by atoms with Gasteiger partial charge in [-0.2, -0.15) is 0 Å². The maximum absolute atomic E-state index is 14.1. The fourth-order valence-corrected chi connectivity index (χ4v) is 6.91. The van der Waals surface area contributed by atoms with E-state index in [1.54, 1.807) is 4.90 Å². The topological polar surface area (TPSA) is 175 Å². The minimum Gasteiger partial charge on any atom is -0.366 e. The maximum atomic E-state index is 14.1. The Morgan fingerprint density at radius 3 is 2.25 bits per heavy atom. The largest absolute Gasteiger partial charge is 0.366 e. The molecule has 0 aromatic carbocycles. The molecule has 0 radical (unpaired) electrons. The predicted octanol–water partition coefficient (Wildman–Crippen LogP) is 0.853. The molecule has 1 saturated carbocycles. The smallest absolute Gasteiger partial charge is 0.315 e. The van der Waals surface area contributed by atoms with E-state index in [4.69, 9.17) is 9.92 Å². The monoisotopic (exact) mass is 580 g/mol.